The van der Waals surface area contributed by atoms with Crippen LogP contribution in [0.5, 0.6) is 5.75 Å². The van der Waals surface area contributed by atoms with Gasteiger partial charge in [-0.15, -0.1) is 0 Å². The van der Waals surface area contributed by atoms with E-state index in [-0.39, 0.29) is 10.9 Å². The van der Waals surface area contributed by atoms with E-state index in [1.807, 2.05) is 13.0 Å². The lowest BCUT2D eigenvalue weighted by Gasteiger charge is -2.36. The first kappa shape index (κ1) is 14.7. The van der Waals surface area contributed by atoms with Gasteiger partial charge in [-0.25, -0.2) is 4.39 Å². The number of aryl methyl sites for hydroxylation is 1. The fourth-order valence-electron chi connectivity index (χ4n) is 1.20. The van der Waals surface area contributed by atoms with E-state index in [1.165, 1.54) is 6.07 Å². The van der Waals surface area contributed by atoms with Crippen LogP contribution in [-0.2, 0) is 0 Å². The maximum atomic E-state index is 13.6. The maximum absolute atomic E-state index is 13.6. The van der Waals surface area contributed by atoms with Gasteiger partial charge in [0.1, 0.15) is 11.6 Å². The molecule has 0 amide bonds. The minimum absolute atomic E-state index is 0.116. The van der Waals surface area contributed by atoms with Gasteiger partial charge in [0, 0.05) is 6.07 Å². The number of rotatable bonds is 2. The normalized spacial score (nSPS) is 12.7. The van der Waals surface area contributed by atoms with Crippen molar-refractivity contribution in [3.05, 3.63) is 28.0 Å². The van der Waals surface area contributed by atoms with E-state index in [0.29, 0.717) is 10.2 Å². The fourth-order valence-corrected chi connectivity index (χ4v) is 2.44. The summed E-state index contributed by atoms with van der Waals surface area (Å²) in [6, 6.07) is 3.34. The number of hydrogen-bond donors (Lipinski definition) is 0. The molecular weight excluding hydrogens is 299 g/mol. The second kappa shape index (κ2) is 4.73. The second-order valence-corrected chi connectivity index (χ2v) is 11.4. The molecule has 0 saturated heterocycles. The molecule has 1 aromatic carbocycles. The molecule has 0 aliphatic heterocycles. The molecule has 0 N–H and O–H groups in total. The lowest BCUT2D eigenvalue weighted by Crippen LogP contribution is -2.43. The molecule has 0 heterocycles. The molecule has 0 atom stereocenters. The lowest BCUT2D eigenvalue weighted by molar-refractivity contribution is 0.486. The van der Waals surface area contributed by atoms with Crippen LogP contribution < -0.4 is 4.43 Å². The monoisotopic (exact) mass is 318 g/mol. The topological polar surface area (TPSA) is 9.23 Å². The second-order valence-electron chi connectivity index (χ2n) is 5.90. The highest BCUT2D eigenvalue weighted by Gasteiger charge is 2.39. The fraction of sp³-hybridized carbons (Fsp3) is 0.538. The minimum Gasteiger partial charge on any atom is -0.543 e. The van der Waals surface area contributed by atoms with E-state index in [1.54, 1.807) is 0 Å². The highest BCUT2D eigenvalue weighted by atomic mass is 79.9. The van der Waals surface area contributed by atoms with Crippen molar-refractivity contribution in [1.82, 2.24) is 0 Å². The van der Waals surface area contributed by atoms with Gasteiger partial charge in [0.2, 0.25) is 8.32 Å². The van der Waals surface area contributed by atoms with Crippen LogP contribution in [-0.4, -0.2) is 8.32 Å². The predicted molar refractivity (Wildman–Crippen MR) is 76.7 cm³/mol. The van der Waals surface area contributed by atoms with Crippen LogP contribution in [0.15, 0.2) is 16.6 Å². The molecule has 1 nitrogen and oxygen atoms in total. The molecule has 0 saturated carbocycles. The van der Waals surface area contributed by atoms with Gasteiger partial charge >= 0.3 is 0 Å². The van der Waals surface area contributed by atoms with Crippen LogP contribution in [0, 0.1) is 12.7 Å². The molecule has 0 aliphatic carbocycles. The average molecular weight is 319 g/mol. The summed E-state index contributed by atoms with van der Waals surface area (Å²) in [5, 5.41) is 0.116. The lowest BCUT2D eigenvalue weighted by atomic mass is 10.2. The summed E-state index contributed by atoms with van der Waals surface area (Å²) in [4.78, 5) is 0. The van der Waals surface area contributed by atoms with Crippen LogP contribution in [0.4, 0.5) is 4.39 Å². The molecule has 1 rings (SSSR count). The Morgan fingerprint density at radius 1 is 1.24 bits per heavy atom. The molecule has 0 fully saturated rings. The first-order valence-corrected chi connectivity index (χ1v) is 9.39. The number of halogens is 2. The van der Waals surface area contributed by atoms with Gasteiger partial charge in [0.25, 0.3) is 0 Å². The SMILES string of the molecule is Cc1cc(O[Si](C)(C)C(C)(C)C)cc(F)c1Br. The zero-order valence-electron chi connectivity index (χ0n) is 11.3. The summed E-state index contributed by atoms with van der Waals surface area (Å²) in [6.45, 7) is 12.7. The van der Waals surface area contributed by atoms with Crippen molar-refractivity contribution < 1.29 is 8.82 Å². The molecule has 0 unspecified atom stereocenters. The summed E-state index contributed by atoms with van der Waals surface area (Å²) in [7, 11) is -1.89. The molecule has 1 aromatic rings. The van der Waals surface area contributed by atoms with Gasteiger partial charge in [-0.05, 0) is 52.6 Å². The summed E-state index contributed by atoms with van der Waals surface area (Å²) in [6.07, 6.45) is 0. The summed E-state index contributed by atoms with van der Waals surface area (Å²) < 4.78 is 20.2. The van der Waals surface area contributed by atoms with Gasteiger partial charge in [0.05, 0.1) is 4.47 Å². The Balaban J connectivity index is 3.05. The third-order valence-electron chi connectivity index (χ3n) is 3.36. The van der Waals surface area contributed by atoms with E-state index in [2.05, 4.69) is 49.8 Å². The van der Waals surface area contributed by atoms with Crippen LogP contribution >= 0.6 is 15.9 Å². The quantitative estimate of drug-likeness (QED) is 0.674. The summed E-state index contributed by atoms with van der Waals surface area (Å²) in [5.41, 5.74) is 0.860. The van der Waals surface area contributed by atoms with E-state index >= 15 is 0 Å². The first-order chi connectivity index (χ1) is 7.54. The van der Waals surface area contributed by atoms with E-state index in [4.69, 9.17) is 4.43 Å². The molecule has 4 heteroatoms. The smallest absolute Gasteiger partial charge is 0.250 e. The number of benzene rings is 1. The van der Waals surface area contributed by atoms with Crippen LogP contribution in [0.3, 0.4) is 0 Å². The molecule has 0 radical (unpaired) electrons. The van der Waals surface area contributed by atoms with Crippen molar-refractivity contribution in [2.75, 3.05) is 0 Å². The van der Waals surface area contributed by atoms with E-state index in [9.17, 15) is 4.39 Å². The van der Waals surface area contributed by atoms with Crippen molar-refractivity contribution in [3.63, 3.8) is 0 Å². The van der Waals surface area contributed by atoms with Gasteiger partial charge in [-0.2, -0.15) is 0 Å². The zero-order valence-corrected chi connectivity index (χ0v) is 13.9. The predicted octanol–water partition coefficient (Wildman–Crippen LogP) is 5.28. The first-order valence-electron chi connectivity index (χ1n) is 5.69. The van der Waals surface area contributed by atoms with Crippen LogP contribution in [0.25, 0.3) is 0 Å². The van der Waals surface area contributed by atoms with Crippen molar-refractivity contribution in [2.24, 2.45) is 0 Å². The Bertz CT molecular complexity index is 401. The van der Waals surface area contributed by atoms with Crippen molar-refractivity contribution in [1.29, 1.82) is 0 Å². The Kier molecular flexibility index (Phi) is 4.09. The minimum atomic E-state index is -1.89. The van der Waals surface area contributed by atoms with Gasteiger partial charge in [-0.3, -0.25) is 0 Å². The Morgan fingerprint density at radius 3 is 2.18 bits per heavy atom. The van der Waals surface area contributed by atoms with Crippen LogP contribution in [0.1, 0.15) is 26.3 Å². The number of hydrogen-bond acceptors (Lipinski definition) is 1. The van der Waals surface area contributed by atoms with Crippen molar-refractivity contribution in [3.8, 4) is 5.75 Å². The molecule has 0 aromatic heterocycles. The van der Waals surface area contributed by atoms with Gasteiger partial charge in [0.15, 0.2) is 0 Å². The molecule has 96 valence electrons. The van der Waals surface area contributed by atoms with E-state index in [0.717, 1.165) is 5.56 Å². The standard InChI is InChI=1S/C13H20BrFOSi/c1-9-7-10(8-11(15)12(9)14)16-17(5,6)13(2,3)4/h7-8H,1-6H3. The maximum Gasteiger partial charge on any atom is 0.250 e. The summed E-state index contributed by atoms with van der Waals surface area (Å²) >= 11 is 3.21. The Morgan fingerprint density at radius 2 is 1.76 bits per heavy atom. The average Bonchev–Trinajstić information content (AvgIpc) is 2.11. The molecular formula is C13H20BrFOSi. The zero-order chi connectivity index (χ0) is 13.4. The largest absolute Gasteiger partial charge is 0.543 e. The third kappa shape index (κ3) is 3.32. The molecule has 0 aliphatic rings. The van der Waals surface area contributed by atoms with Gasteiger partial charge < -0.3 is 4.43 Å². The Labute approximate surface area is 113 Å². The molecule has 17 heavy (non-hydrogen) atoms. The molecule has 0 spiro atoms. The highest BCUT2D eigenvalue weighted by Crippen LogP contribution is 2.38. The van der Waals surface area contributed by atoms with Crippen molar-refractivity contribution in [2.45, 2.75) is 45.8 Å². The van der Waals surface area contributed by atoms with E-state index < -0.39 is 8.32 Å². The third-order valence-corrected chi connectivity index (χ3v) is 8.73. The van der Waals surface area contributed by atoms with Crippen LogP contribution in [0.2, 0.25) is 18.1 Å². The molecule has 0 bridgehead atoms. The summed E-state index contributed by atoms with van der Waals surface area (Å²) in [5.74, 6) is 0.369. The van der Waals surface area contributed by atoms with Crippen molar-refractivity contribution >= 4 is 24.2 Å². The Hall–Kier alpha value is -0.353. The highest BCUT2D eigenvalue weighted by molar-refractivity contribution is 9.10. The van der Waals surface area contributed by atoms with Gasteiger partial charge in [-0.1, -0.05) is 20.8 Å².